The summed E-state index contributed by atoms with van der Waals surface area (Å²) in [5.74, 6) is -5.94. The van der Waals surface area contributed by atoms with Gasteiger partial charge in [0.05, 0.1) is 11.7 Å². The van der Waals surface area contributed by atoms with Crippen molar-refractivity contribution < 1.29 is 32.2 Å². The van der Waals surface area contributed by atoms with Crippen molar-refractivity contribution in [3.05, 3.63) is 53.3 Å². The number of anilines is 1. The van der Waals surface area contributed by atoms with Gasteiger partial charge in [-0.3, -0.25) is 9.59 Å². The molecule has 0 saturated carbocycles. The van der Waals surface area contributed by atoms with Gasteiger partial charge in [0.15, 0.2) is 29.0 Å². The molecule has 1 aliphatic heterocycles. The van der Waals surface area contributed by atoms with Crippen molar-refractivity contribution in [2.24, 2.45) is 0 Å². The Hall–Kier alpha value is -3.23. The van der Waals surface area contributed by atoms with E-state index in [1.54, 1.807) is 25.1 Å². The van der Waals surface area contributed by atoms with Crippen molar-refractivity contribution in [2.45, 2.75) is 13.0 Å². The van der Waals surface area contributed by atoms with Crippen molar-refractivity contribution in [1.82, 2.24) is 5.32 Å². The summed E-state index contributed by atoms with van der Waals surface area (Å²) < 4.78 is 50.0. The Morgan fingerprint density at radius 2 is 1.73 bits per heavy atom. The van der Waals surface area contributed by atoms with Gasteiger partial charge in [0.2, 0.25) is 6.79 Å². The Morgan fingerprint density at radius 1 is 1.00 bits per heavy atom. The van der Waals surface area contributed by atoms with Crippen molar-refractivity contribution in [1.29, 1.82) is 0 Å². The molecule has 0 aromatic heterocycles. The number of halogens is 3. The molecular weight excluding hydrogens is 353 g/mol. The Labute approximate surface area is 145 Å². The van der Waals surface area contributed by atoms with Gasteiger partial charge in [0, 0.05) is 0 Å². The molecule has 2 aromatic carbocycles. The van der Waals surface area contributed by atoms with E-state index in [0.717, 1.165) is 6.07 Å². The maximum atomic E-state index is 13.6. The van der Waals surface area contributed by atoms with Gasteiger partial charge >= 0.3 is 11.8 Å². The first-order chi connectivity index (χ1) is 12.4. The first-order valence-electron chi connectivity index (χ1n) is 7.51. The summed E-state index contributed by atoms with van der Waals surface area (Å²) in [5, 5.41) is 4.31. The van der Waals surface area contributed by atoms with E-state index in [0.29, 0.717) is 23.1 Å². The summed E-state index contributed by atoms with van der Waals surface area (Å²) in [6.45, 7) is 1.72. The van der Waals surface area contributed by atoms with E-state index in [4.69, 9.17) is 9.47 Å². The van der Waals surface area contributed by atoms with Crippen LogP contribution in [0.25, 0.3) is 0 Å². The Kier molecular flexibility index (Phi) is 4.70. The highest BCUT2D eigenvalue weighted by molar-refractivity contribution is 6.39. The number of ether oxygens (including phenoxy) is 2. The predicted octanol–water partition coefficient (Wildman–Crippen LogP) is 2.65. The first-order valence-corrected chi connectivity index (χ1v) is 7.51. The molecule has 26 heavy (non-hydrogen) atoms. The van der Waals surface area contributed by atoms with Gasteiger partial charge in [-0.15, -0.1) is 0 Å². The number of hydrogen-bond donors (Lipinski definition) is 2. The van der Waals surface area contributed by atoms with Crippen LogP contribution in [0.4, 0.5) is 18.9 Å². The van der Waals surface area contributed by atoms with Gasteiger partial charge in [0.1, 0.15) is 0 Å². The second-order valence-electron chi connectivity index (χ2n) is 5.48. The zero-order chi connectivity index (χ0) is 18.8. The van der Waals surface area contributed by atoms with Crippen LogP contribution in [-0.2, 0) is 9.59 Å². The standard InChI is InChI=1S/C17H13F3N2O4/c1-8(9-2-5-12-13(6-9)26-7-25-12)21-16(23)17(24)22-11-4-3-10(18)14(19)15(11)20/h2-6,8H,7H2,1H3,(H,21,23)(H,22,24)/t8-/m0/s1. The van der Waals surface area contributed by atoms with Crippen LogP contribution in [0, 0.1) is 17.5 Å². The molecule has 2 amide bonds. The maximum absolute atomic E-state index is 13.6. The molecule has 2 N–H and O–H groups in total. The van der Waals surface area contributed by atoms with Crippen molar-refractivity contribution >= 4 is 17.5 Å². The lowest BCUT2D eigenvalue weighted by Crippen LogP contribution is -2.37. The van der Waals surface area contributed by atoms with Crippen LogP contribution in [-0.4, -0.2) is 18.6 Å². The van der Waals surface area contributed by atoms with E-state index in [2.05, 4.69) is 5.32 Å². The van der Waals surface area contributed by atoms with E-state index in [1.807, 2.05) is 5.32 Å². The average molecular weight is 366 g/mol. The normalized spacial score (nSPS) is 13.2. The number of nitrogens with one attached hydrogen (secondary N) is 2. The molecule has 0 radical (unpaired) electrons. The molecule has 0 bridgehead atoms. The predicted molar refractivity (Wildman–Crippen MR) is 84.1 cm³/mol. The van der Waals surface area contributed by atoms with Gasteiger partial charge < -0.3 is 20.1 Å². The maximum Gasteiger partial charge on any atom is 0.313 e. The third-order valence-electron chi connectivity index (χ3n) is 3.73. The van der Waals surface area contributed by atoms with Gasteiger partial charge in [-0.2, -0.15) is 0 Å². The largest absolute Gasteiger partial charge is 0.454 e. The topological polar surface area (TPSA) is 76.7 Å². The van der Waals surface area contributed by atoms with E-state index in [1.165, 1.54) is 0 Å². The van der Waals surface area contributed by atoms with E-state index in [-0.39, 0.29) is 6.79 Å². The van der Waals surface area contributed by atoms with Crippen LogP contribution < -0.4 is 20.1 Å². The highest BCUT2D eigenvalue weighted by atomic mass is 19.2. The highest BCUT2D eigenvalue weighted by Crippen LogP contribution is 2.34. The third-order valence-corrected chi connectivity index (χ3v) is 3.73. The van der Waals surface area contributed by atoms with Gasteiger partial charge in [-0.05, 0) is 36.8 Å². The molecule has 9 heteroatoms. The molecule has 2 aromatic rings. The monoisotopic (exact) mass is 366 g/mol. The zero-order valence-electron chi connectivity index (χ0n) is 13.4. The number of amides is 2. The van der Waals surface area contributed by atoms with Crippen LogP contribution in [0.15, 0.2) is 30.3 Å². The van der Waals surface area contributed by atoms with Crippen molar-refractivity contribution in [3.8, 4) is 11.5 Å². The van der Waals surface area contributed by atoms with Crippen LogP contribution >= 0.6 is 0 Å². The fraction of sp³-hybridized carbons (Fsp3) is 0.176. The van der Waals surface area contributed by atoms with Crippen LogP contribution in [0.1, 0.15) is 18.5 Å². The summed E-state index contributed by atoms with van der Waals surface area (Å²) in [4.78, 5) is 23.8. The summed E-state index contributed by atoms with van der Waals surface area (Å²) in [6, 6.07) is 5.89. The number of carbonyl (C=O) groups excluding carboxylic acids is 2. The minimum atomic E-state index is -1.74. The number of fused-ring (bicyclic) bond motifs is 1. The fourth-order valence-corrected chi connectivity index (χ4v) is 2.33. The zero-order valence-corrected chi connectivity index (χ0v) is 13.4. The second kappa shape index (κ2) is 6.95. The molecule has 0 saturated heterocycles. The van der Waals surface area contributed by atoms with E-state index < -0.39 is 41.0 Å². The lowest BCUT2D eigenvalue weighted by atomic mass is 10.1. The molecule has 0 spiro atoms. The van der Waals surface area contributed by atoms with Crippen LogP contribution in [0.5, 0.6) is 11.5 Å². The molecular formula is C17H13F3N2O4. The molecule has 6 nitrogen and oxygen atoms in total. The molecule has 0 fully saturated rings. The highest BCUT2D eigenvalue weighted by Gasteiger charge is 2.22. The van der Waals surface area contributed by atoms with Crippen molar-refractivity contribution in [3.63, 3.8) is 0 Å². The fourth-order valence-electron chi connectivity index (χ4n) is 2.33. The molecule has 0 aliphatic carbocycles. The number of benzene rings is 2. The van der Waals surface area contributed by atoms with Gasteiger partial charge in [0.25, 0.3) is 0 Å². The lowest BCUT2D eigenvalue weighted by Gasteiger charge is -2.15. The second-order valence-corrected chi connectivity index (χ2v) is 5.48. The summed E-state index contributed by atoms with van der Waals surface area (Å²) in [6.07, 6.45) is 0. The third kappa shape index (κ3) is 3.41. The average Bonchev–Trinajstić information content (AvgIpc) is 3.09. The van der Waals surface area contributed by atoms with Crippen molar-refractivity contribution in [2.75, 3.05) is 12.1 Å². The number of carbonyl (C=O) groups is 2. The number of rotatable bonds is 3. The molecule has 136 valence electrons. The molecule has 1 atom stereocenters. The smallest absolute Gasteiger partial charge is 0.313 e. The minimum absolute atomic E-state index is 0.0989. The lowest BCUT2D eigenvalue weighted by molar-refractivity contribution is -0.136. The van der Waals surface area contributed by atoms with E-state index in [9.17, 15) is 22.8 Å². The Morgan fingerprint density at radius 3 is 2.50 bits per heavy atom. The van der Waals surface area contributed by atoms with Gasteiger partial charge in [-0.25, -0.2) is 13.2 Å². The summed E-state index contributed by atoms with van der Waals surface area (Å²) in [7, 11) is 0. The first kappa shape index (κ1) is 17.6. The quantitative estimate of drug-likeness (QED) is 0.647. The van der Waals surface area contributed by atoms with Crippen LogP contribution in [0.3, 0.4) is 0 Å². The Bertz CT molecular complexity index is 889. The molecule has 1 heterocycles. The minimum Gasteiger partial charge on any atom is -0.454 e. The molecule has 0 unspecified atom stereocenters. The van der Waals surface area contributed by atoms with Gasteiger partial charge in [-0.1, -0.05) is 6.07 Å². The number of hydrogen-bond acceptors (Lipinski definition) is 4. The van der Waals surface area contributed by atoms with E-state index >= 15 is 0 Å². The molecule has 3 rings (SSSR count). The van der Waals surface area contributed by atoms with Crippen LogP contribution in [0.2, 0.25) is 0 Å². The summed E-state index contributed by atoms with van der Waals surface area (Å²) in [5.41, 5.74) is 0.00851. The summed E-state index contributed by atoms with van der Waals surface area (Å²) >= 11 is 0. The molecule has 1 aliphatic rings. The SMILES string of the molecule is C[C@H](NC(=O)C(=O)Nc1ccc(F)c(F)c1F)c1ccc2c(c1)OCO2. The Balaban J connectivity index is 1.66.